The highest BCUT2D eigenvalue weighted by atomic mass is 127. The van der Waals surface area contributed by atoms with Crippen molar-refractivity contribution in [1.29, 1.82) is 0 Å². The SMILES string of the molecule is Cc1cc(C)c(-c2coc(I)n2)cc1C. The molecular formula is C12H12INO. The van der Waals surface area contributed by atoms with Crippen molar-refractivity contribution in [1.82, 2.24) is 4.98 Å². The van der Waals surface area contributed by atoms with Crippen LogP contribution in [0.4, 0.5) is 0 Å². The molecule has 15 heavy (non-hydrogen) atoms. The molecule has 2 rings (SSSR count). The van der Waals surface area contributed by atoms with Gasteiger partial charge in [-0.15, -0.1) is 0 Å². The van der Waals surface area contributed by atoms with Gasteiger partial charge in [-0.3, -0.25) is 0 Å². The van der Waals surface area contributed by atoms with Crippen molar-refractivity contribution in [2.24, 2.45) is 0 Å². The van der Waals surface area contributed by atoms with Gasteiger partial charge in [0.2, 0.25) is 0 Å². The molecule has 2 aromatic rings. The molecule has 78 valence electrons. The smallest absolute Gasteiger partial charge is 0.257 e. The van der Waals surface area contributed by atoms with Gasteiger partial charge in [-0.1, -0.05) is 6.07 Å². The molecule has 0 spiro atoms. The number of aromatic nitrogens is 1. The molecule has 0 aliphatic rings. The maximum absolute atomic E-state index is 5.22. The van der Waals surface area contributed by atoms with Crippen LogP contribution in [0.1, 0.15) is 16.7 Å². The van der Waals surface area contributed by atoms with Crippen LogP contribution >= 0.6 is 22.6 Å². The van der Waals surface area contributed by atoms with Gasteiger partial charge in [0, 0.05) is 28.2 Å². The first-order chi connectivity index (χ1) is 7.08. The van der Waals surface area contributed by atoms with Crippen molar-refractivity contribution >= 4 is 22.6 Å². The fourth-order valence-corrected chi connectivity index (χ4v) is 2.00. The van der Waals surface area contributed by atoms with Gasteiger partial charge in [-0.25, -0.2) is 4.98 Å². The van der Waals surface area contributed by atoms with E-state index >= 15 is 0 Å². The van der Waals surface area contributed by atoms with Crippen LogP contribution in [-0.2, 0) is 0 Å². The molecule has 0 saturated heterocycles. The van der Waals surface area contributed by atoms with Crippen molar-refractivity contribution in [3.05, 3.63) is 39.0 Å². The minimum absolute atomic E-state index is 0.681. The normalized spacial score (nSPS) is 10.7. The summed E-state index contributed by atoms with van der Waals surface area (Å²) in [6.45, 7) is 6.34. The molecule has 0 fully saturated rings. The largest absolute Gasteiger partial charge is 0.440 e. The Bertz CT molecular complexity index is 502. The van der Waals surface area contributed by atoms with Crippen molar-refractivity contribution in [3.63, 3.8) is 0 Å². The van der Waals surface area contributed by atoms with Gasteiger partial charge in [0.15, 0.2) is 0 Å². The van der Waals surface area contributed by atoms with Gasteiger partial charge < -0.3 is 4.42 Å². The molecule has 1 aromatic carbocycles. The Hall–Kier alpha value is -0.840. The molecule has 0 N–H and O–H groups in total. The predicted octanol–water partition coefficient (Wildman–Crippen LogP) is 3.87. The number of hydrogen-bond acceptors (Lipinski definition) is 2. The fourth-order valence-electron chi connectivity index (χ4n) is 1.61. The van der Waals surface area contributed by atoms with E-state index in [1.807, 2.05) is 0 Å². The molecule has 0 bridgehead atoms. The number of oxazole rings is 1. The van der Waals surface area contributed by atoms with Crippen LogP contribution in [0.25, 0.3) is 11.3 Å². The lowest BCUT2D eigenvalue weighted by molar-refractivity contribution is 0.525. The number of aryl methyl sites for hydroxylation is 3. The second kappa shape index (κ2) is 3.96. The second-order valence-electron chi connectivity index (χ2n) is 3.74. The average Bonchev–Trinajstić information content (AvgIpc) is 2.58. The second-order valence-corrected chi connectivity index (χ2v) is 4.66. The Morgan fingerprint density at radius 1 is 1.07 bits per heavy atom. The highest BCUT2D eigenvalue weighted by Crippen LogP contribution is 2.26. The van der Waals surface area contributed by atoms with Crippen LogP contribution in [0.2, 0.25) is 0 Å². The summed E-state index contributed by atoms with van der Waals surface area (Å²) < 4.78 is 5.90. The lowest BCUT2D eigenvalue weighted by atomic mass is 9.99. The minimum Gasteiger partial charge on any atom is -0.440 e. The van der Waals surface area contributed by atoms with E-state index in [1.54, 1.807) is 6.26 Å². The third kappa shape index (κ3) is 2.07. The van der Waals surface area contributed by atoms with Crippen molar-refractivity contribution in [2.75, 3.05) is 0 Å². The molecule has 0 aliphatic heterocycles. The Morgan fingerprint density at radius 2 is 1.73 bits per heavy atom. The summed E-state index contributed by atoms with van der Waals surface area (Å²) in [7, 11) is 0. The first kappa shape index (κ1) is 10.7. The van der Waals surface area contributed by atoms with E-state index in [4.69, 9.17) is 4.42 Å². The first-order valence-corrected chi connectivity index (χ1v) is 5.85. The standard InChI is InChI=1S/C12H12INO/c1-7-4-9(3)10(5-8(7)2)11-6-15-12(13)14-11/h4-6H,1-3H3. The quantitative estimate of drug-likeness (QED) is 0.747. The predicted molar refractivity (Wildman–Crippen MR) is 68.9 cm³/mol. The molecule has 0 saturated carbocycles. The maximum Gasteiger partial charge on any atom is 0.257 e. The first-order valence-electron chi connectivity index (χ1n) is 4.77. The third-order valence-corrected chi connectivity index (χ3v) is 3.09. The number of hydrogen-bond donors (Lipinski definition) is 0. The van der Waals surface area contributed by atoms with Crippen LogP contribution in [0.5, 0.6) is 0 Å². The molecule has 1 heterocycles. The minimum atomic E-state index is 0.681. The lowest BCUT2D eigenvalue weighted by Gasteiger charge is -2.06. The molecule has 2 nitrogen and oxygen atoms in total. The summed E-state index contributed by atoms with van der Waals surface area (Å²) >= 11 is 2.08. The molecule has 0 aliphatic carbocycles. The van der Waals surface area contributed by atoms with Crippen molar-refractivity contribution < 1.29 is 4.42 Å². The molecule has 0 amide bonds. The number of nitrogens with zero attached hydrogens (tertiary/aromatic N) is 1. The number of halogens is 1. The highest BCUT2D eigenvalue weighted by Gasteiger charge is 2.08. The van der Waals surface area contributed by atoms with Gasteiger partial charge in [0.1, 0.15) is 12.0 Å². The summed E-state index contributed by atoms with van der Waals surface area (Å²) in [4.78, 5) is 4.33. The van der Waals surface area contributed by atoms with Gasteiger partial charge >= 0.3 is 0 Å². The molecule has 0 atom stereocenters. The van der Waals surface area contributed by atoms with Crippen LogP contribution in [0, 0.1) is 24.7 Å². The van der Waals surface area contributed by atoms with Crippen LogP contribution in [-0.4, -0.2) is 4.98 Å². The topological polar surface area (TPSA) is 26.0 Å². The van der Waals surface area contributed by atoms with Crippen LogP contribution in [0.3, 0.4) is 0 Å². The fraction of sp³-hybridized carbons (Fsp3) is 0.250. The Morgan fingerprint density at radius 3 is 2.33 bits per heavy atom. The summed E-state index contributed by atoms with van der Waals surface area (Å²) in [5.41, 5.74) is 5.91. The van der Waals surface area contributed by atoms with E-state index in [1.165, 1.54) is 16.7 Å². The zero-order valence-electron chi connectivity index (χ0n) is 8.97. The van der Waals surface area contributed by atoms with Crippen LogP contribution < -0.4 is 0 Å². The van der Waals surface area contributed by atoms with E-state index in [-0.39, 0.29) is 0 Å². The van der Waals surface area contributed by atoms with Crippen LogP contribution in [0.15, 0.2) is 22.8 Å². The molecule has 0 unspecified atom stereocenters. The van der Waals surface area contributed by atoms with Crippen molar-refractivity contribution in [3.8, 4) is 11.3 Å². The van der Waals surface area contributed by atoms with Gasteiger partial charge in [-0.2, -0.15) is 0 Å². The van der Waals surface area contributed by atoms with E-state index in [0.717, 1.165) is 11.3 Å². The molecule has 0 radical (unpaired) electrons. The number of rotatable bonds is 1. The lowest BCUT2D eigenvalue weighted by Crippen LogP contribution is -1.88. The average molecular weight is 313 g/mol. The van der Waals surface area contributed by atoms with Gasteiger partial charge in [-0.05, 0) is 43.5 Å². The molecular weight excluding hydrogens is 301 g/mol. The summed E-state index contributed by atoms with van der Waals surface area (Å²) in [6, 6.07) is 4.35. The van der Waals surface area contributed by atoms with E-state index in [9.17, 15) is 0 Å². The monoisotopic (exact) mass is 313 g/mol. The van der Waals surface area contributed by atoms with E-state index in [0.29, 0.717) is 3.90 Å². The zero-order valence-corrected chi connectivity index (χ0v) is 11.1. The number of benzene rings is 1. The summed E-state index contributed by atoms with van der Waals surface area (Å²) in [5.74, 6) is 0. The van der Waals surface area contributed by atoms with Crippen molar-refractivity contribution in [2.45, 2.75) is 20.8 Å². The molecule has 1 aromatic heterocycles. The van der Waals surface area contributed by atoms with Gasteiger partial charge in [0.05, 0.1) is 0 Å². The Balaban J connectivity index is 2.58. The van der Waals surface area contributed by atoms with E-state index < -0.39 is 0 Å². The molecule has 3 heteroatoms. The zero-order chi connectivity index (χ0) is 11.0. The third-order valence-electron chi connectivity index (χ3n) is 2.59. The van der Waals surface area contributed by atoms with E-state index in [2.05, 4.69) is 60.5 Å². The maximum atomic E-state index is 5.22. The Labute approximate surface area is 103 Å². The van der Waals surface area contributed by atoms with Gasteiger partial charge in [0.25, 0.3) is 3.90 Å². The summed E-state index contributed by atoms with van der Waals surface area (Å²) in [5, 5.41) is 0. The summed E-state index contributed by atoms with van der Waals surface area (Å²) in [6.07, 6.45) is 1.71. The Kier molecular flexibility index (Phi) is 2.82. The highest BCUT2D eigenvalue weighted by molar-refractivity contribution is 14.1.